The number of hydrogen-bond acceptors (Lipinski definition) is 11. The highest BCUT2D eigenvalue weighted by molar-refractivity contribution is 7.47. The third-order valence-corrected chi connectivity index (χ3v) is 12.7. The molecule has 0 amide bonds. The molecule has 1 fully saturated rings. The summed E-state index contributed by atoms with van der Waals surface area (Å²) in [7, 11) is -5.02. The summed E-state index contributed by atoms with van der Waals surface area (Å²) in [6, 6.07) is 0. The summed E-state index contributed by atoms with van der Waals surface area (Å²) in [5, 5.41) is 50.3. The lowest BCUT2D eigenvalue weighted by atomic mass is 9.85. The van der Waals surface area contributed by atoms with E-state index in [2.05, 4.69) is 62.5 Å². The smallest absolute Gasteiger partial charge is 0.457 e. The predicted octanol–water partition coefficient (Wildman–Crippen LogP) is 11.2. The minimum atomic E-state index is -5.02. The molecule has 0 bridgehead atoms. The molecule has 374 valence electrons. The Balaban J connectivity index is 2.35. The molecule has 13 heteroatoms. The second-order valence-electron chi connectivity index (χ2n) is 17.6. The number of allylic oxidation sites excluding steroid dienone is 8. The fourth-order valence-electron chi connectivity index (χ4n) is 7.70. The number of phosphoric acid groups is 1. The van der Waals surface area contributed by atoms with E-state index in [1.54, 1.807) is 0 Å². The molecule has 6 N–H and O–H groups in total. The predicted molar refractivity (Wildman–Crippen MR) is 258 cm³/mol. The van der Waals surface area contributed by atoms with Gasteiger partial charge in [-0.3, -0.25) is 13.8 Å². The Morgan fingerprint density at radius 1 is 0.516 bits per heavy atom. The van der Waals surface area contributed by atoms with Crippen LogP contribution < -0.4 is 0 Å². The van der Waals surface area contributed by atoms with E-state index in [0.29, 0.717) is 13.0 Å². The Bertz CT molecular complexity index is 1240. The first-order valence-electron chi connectivity index (χ1n) is 25.5. The molecule has 0 spiro atoms. The molecule has 0 saturated heterocycles. The van der Waals surface area contributed by atoms with E-state index in [4.69, 9.17) is 18.5 Å². The summed E-state index contributed by atoms with van der Waals surface area (Å²) < 4.78 is 34.3. The van der Waals surface area contributed by atoms with Crippen LogP contribution in [0.5, 0.6) is 0 Å². The van der Waals surface area contributed by atoms with Crippen LogP contribution in [0.1, 0.15) is 206 Å². The van der Waals surface area contributed by atoms with Crippen molar-refractivity contribution in [1.82, 2.24) is 0 Å². The van der Waals surface area contributed by atoms with E-state index in [0.717, 1.165) is 77.0 Å². The van der Waals surface area contributed by atoms with Crippen LogP contribution in [0.25, 0.3) is 0 Å². The maximum Gasteiger partial charge on any atom is 0.472 e. The number of aliphatic hydroxyl groups is 5. The highest BCUT2D eigenvalue weighted by Crippen LogP contribution is 2.47. The molecular weight excluding hydrogens is 836 g/mol. The first-order valence-corrected chi connectivity index (χ1v) is 27.0. The maximum atomic E-state index is 12.8. The van der Waals surface area contributed by atoms with Gasteiger partial charge in [-0.2, -0.15) is 0 Å². The quantitative estimate of drug-likeness (QED) is 0.0147. The van der Waals surface area contributed by atoms with Gasteiger partial charge in [-0.1, -0.05) is 197 Å². The average Bonchev–Trinajstić information content (AvgIpc) is 3.28. The van der Waals surface area contributed by atoms with Crippen LogP contribution in [-0.2, 0) is 27.9 Å². The second kappa shape index (κ2) is 41.5. The van der Waals surface area contributed by atoms with Gasteiger partial charge < -0.3 is 39.9 Å². The standard InChI is InChI=1S/C51H93O12P/c1-3-5-7-9-11-13-15-17-19-21-22-23-24-25-26-28-30-32-34-36-38-40-45(52)62-44(43-61-64(58,59)63-51-49(56)47(54)46(53)48(55)50(51)57)42-60-41-39-37-35-33-31-29-27-20-18-16-14-12-10-8-6-4-2/h5,7,11,13,17,19,22-23,44,46-51,53-57H,3-4,6,8-10,12,14-16,18,20-21,24-43H2,1-2H3,(H,58,59)/b7-5-,13-11-,19-17-,23-22-. The van der Waals surface area contributed by atoms with Gasteiger partial charge in [0.15, 0.2) is 0 Å². The van der Waals surface area contributed by atoms with Gasteiger partial charge in [0.1, 0.15) is 42.7 Å². The number of esters is 1. The lowest BCUT2D eigenvalue weighted by Gasteiger charge is -2.41. The Kier molecular flexibility index (Phi) is 39.1. The third-order valence-electron chi connectivity index (χ3n) is 11.7. The number of carbonyl (C=O) groups is 1. The van der Waals surface area contributed by atoms with Crippen molar-refractivity contribution in [2.45, 2.75) is 249 Å². The summed E-state index contributed by atoms with van der Waals surface area (Å²) >= 11 is 0. The summed E-state index contributed by atoms with van der Waals surface area (Å²) in [6.07, 6.45) is 38.8. The number of rotatable bonds is 43. The zero-order valence-corrected chi connectivity index (χ0v) is 41.0. The van der Waals surface area contributed by atoms with Crippen molar-refractivity contribution in [2.24, 2.45) is 0 Å². The molecule has 0 aromatic rings. The van der Waals surface area contributed by atoms with Crippen LogP contribution in [-0.4, -0.2) is 98.9 Å². The van der Waals surface area contributed by atoms with E-state index in [1.165, 1.54) is 103 Å². The average molecular weight is 929 g/mol. The molecule has 0 aliphatic heterocycles. The molecule has 0 radical (unpaired) electrons. The van der Waals surface area contributed by atoms with Gasteiger partial charge in [-0.05, 0) is 51.4 Å². The molecule has 0 aromatic heterocycles. The fraction of sp³-hybridized carbons (Fsp3) is 0.824. The second-order valence-corrected chi connectivity index (χ2v) is 19.1. The van der Waals surface area contributed by atoms with Crippen molar-refractivity contribution in [3.63, 3.8) is 0 Å². The molecule has 1 aliphatic rings. The SMILES string of the molecule is CC/C=C\C/C=C\C/C=C\C/C=C\CCCCCCCCCCC(=O)OC(COCCCCCCCCCCCCCCCCCC)COP(=O)(O)OC1C(O)C(O)C(O)C(O)C1O. The van der Waals surface area contributed by atoms with E-state index >= 15 is 0 Å². The van der Waals surface area contributed by atoms with E-state index < -0.39 is 63.1 Å². The van der Waals surface area contributed by atoms with Crippen molar-refractivity contribution in [1.29, 1.82) is 0 Å². The molecule has 64 heavy (non-hydrogen) atoms. The molecule has 0 aromatic carbocycles. The molecule has 1 aliphatic carbocycles. The molecule has 1 saturated carbocycles. The van der Waals surface area contributed by atoms with Gasteiger partial charge in [0.2, 0.25) is 0 Å². The fourth-order valence-corrected chi connectivity index (χ4v) is 8.67. The van der Waals surface area contributed by atoms with Gasteiger partial charge in [0, 0.05) is 13.0 Å². The lowest BCUT2D eigenvalue weighted by molar-refractivity contribution is -0.220. The normalized spacial score (nSPS) is 22.1. The number of unbranched alkanes of at least 4 members (excludes halogenated alkanes) is 23. The molecule has 0 heterocycles. The van der Waals surface area contributed by atoms with Crippen LogP contribution in [0.15, 0.2) is 48.6 Å². The Hall–Kier alpha value is -1.70. The molecule has 6 unspecified atom stereocenters. The Morgan fingerprint density at radius 3 is 1.41 bits per heavy atom. The topological polar surface area (TPSA) is 192 Å². The number of carbonyl (C=O) groups excluding carboxylic acids is 1. The summed E-state index contributed by atoms with van der Waals surface area (Å²) in [6.45, 7) is 4.16. The summed E-state index contributed by atoms with van der Waals surface area (Å²) in [5.41, 5.74) is 0. The number of aliphatic hydroxyl groups excluding tert-OH is 5. The van der Waals surface area contributed by atoms with Gasteiger partial charge >= 0.3 is 13.8 Å². The molecule has 6 atom stereocenters. The first-order chi connectivity index (χ1) is 31.0. The van der Waals surface area contributed by atoms with Crippen molar-refractivity contribution in [2.75, 3.05) is 19.8 Å². The minimum absolute atomic E-state index is 0.0783. The maximum absolute atomic E-state index is 12.8. The zero-order valence-electron chi connectivity index (χ0n) is 40.1. The van der Waals surface area contributed by atoms with Gasteiger partial charge in [0.05, 0.1) is 13.2 Å². The Labute approximate surface area is 388 Å². The third kappa shape index (κ3) is 32.9. The van der Waals surface area contributed by atoms with E-state index in [1.807, 2.05) is 0 Å². The molecular formula is C51H93O12P. The number of ether oxygens (including phenoxy) is 2. The van der Waals surface area contributed by atoms with E-state index in [-0.39, 0.29) is 13.0 Å². The Morgan fingerprint density at radius 2 is 0.922 bits per heavy atom. The zero-order chi connectivity index (χ0) is 46.9. The number of phosphoric ester groups is 1. The van der Waals surface area contributed by atoms with Crippen LogP contribution in [0.2, 0.25) is 0 Å². The van der Waals surface area contributed by atoms with Crippen LogP contribution in [0, 0.1) is 0 Å². The van der Waals surface area contributed by atoms with E-state index in [9.17, 15) is 39.8 Å². The van der Waals surface area contributed by atoms with Gasteiger partial charge in [-0.15, -0.1) is 0 Å². The molecule has 1 rings (SSSR count). The van der Waals surface area contributed by atoms with Crippen molar-refractivity contribution in [3.8, 4) is 0 Å². The lowest BCUT2D eigenvalue weighted by Crippen LogP contribution is -2.64. The van der Waals surface area contributed by atoms with Gasteiger partial charge in [0.25, 0.3) is 0 Å². The van der Waals surface area contributed by atoms with Crippen molar-refractivity contribution in [3.05, 3.63) is 48.6 Å². The van der Waals surface area contributed by atoms with Crippen LogP contribution in [0.3, 0.4) is 0 Å². The number of hydrogen-bond donors (Lipinski definition) is 6. The first kappa shape index (κ1) is 60.3. The molecule has 12 nitrogen and oxygen atoms in total. The van der Waals surface area contributed by atoms with Crippen LogP contribution in [0.4, 0.5) is 0 Å². The van der Waals surface area contributed by atoms with Gasteiger partial charge in [-0.25, -0.2) is 4.57 Å². The highest BCUT2D eigenvalue weighted by Gasteiger charge is 2.51. The minimum Gasteiger partial charge on any atom is -0.457 e. The largest absolute Gasteiger partial charge is 0.472 e. The van der Waals surface area contributed by atoms with Crippen LogP contribution >= 0.6 is 7.82 Å². The summed E-state index contributed by atoms with van der Waals surface area (Å²) in [5.74, 6) is -0.484. The van der Waals surface area contributed by atoms with Crippen molar-refractivity contribution < 1.29 is 58.3 Å². The van der Waals surface area contributed by atoms with Crippen molar-refractivity contribution >= 4 is 13.8 Å². The summed E-state index contributed by atoms with van der Waals surface area (Å²) in [4.78, 5) is 23.2. The monoisotopic (exact) mass is 929 g/mol. The highest BCUT2D eigenvalue weighted by atomic mass is 31.2.